The average molecular weight is 627 g/mol. The van der Waals surface area contributed by atoms with E-state index in [2.05, 4.69) is 0 Å². The van der Waals surface area contributed by atoms with Gasteiger partial charge in [0.25, 0.3) is 0 Å². The van der Waals surface area contributed by atoms with E-state index in [1.807, 2.05) is 4.90 Å². The van der Waals surface area contributed by atoms with E-state index < -0.39 is 59.2 Å². The first kappa shape index (κ1) is 29.0. The summed E-state index contributed by atoms with van der Waals surface area (Å²) in [5, 5.41) is 11.4. The lowest BCUT2D eigenvalue weighted by Crippen LogP contribution is -2.73. The number of cyclic esters (lactones) is 1. The van der Waals surface area contributed by atoms with Crippen molar-refractivity contribution in [2.24, 2.45) is 0 Å². The van der Waals surface area contributed by atoms with Crippen molar-refractivity contribution in [1.29, 1.82) is 0 Å². The van der Waals surface area contributed by atoms with Gasteiger partial charge < -0.3 is 28.8 Å². The number of carbonyl (C=O) groups is 5. The second-order valence-electron chi connectivity index (χ2n) is 11.7. The zero-order valence-electron chi connectivity index (χ0n) is 24.6. The molecule has 2 unspecified atom stereocenters. The molecule has 44 heavy (non-hydrogen) atoms. The Morgan fingerprint density at radius 3 is 2.48 bits per heavy atom. The molecule has 4 bridgehead atoms. The van der Waals surface area contributed by atoms with Crippen LogP contribution >= 0.6 is 11.8 Å². The number of ketones is 3. The fourth-order valence-electron chi connectivity index (χ4n) is 7.71. The Hall–Kier alpha value is -3.72. The van der Waals surface area contributed by atoms with Gasteiger partial charge in [0.05, 0.1) is 36.2 Å². The molecule has 2 fully saturated rings. The van der Waals surface area contributed by atoms with Crippen LogP contribution in [0, 0.1) is 6.92 Å². The highest BCUT2D eigenvalue weighted by molar-refractivity contribution is 8.00. The van der Waals surface area contributed by atoms with Gasteiger partial charge in [0.2, 0.25) is 18.4 Å². The molecule has 0 aromatic heterocycles. The first-order chi connectivity index (χ1) is 21.0. The standard InChI is InChI=1S/C30H30N2O11S/c1-10-22(35)13-6-14-29(37)32-15-7-40-30(38)16(34)8-44-28(21(32)20(31(14)4)17(13)23(36)25(10)39-5)19-18(15)27-26(41-9-42-27)11(2)24(19)43-12(3)33/h14-15,20-21,28-29,37H,6-9H2,1-5H3/t14-,15+,20?,21?,28+,29-/m0/s1. The van der Waals surface area contributed by atoms with Gasteiger partial charge in [0.15, 0.2) is 23.0 Å². The number of likely N-dealkylation sites (N-methyl/N-ethyl adjacent to an activating group) is 1. The summed E-state index contributed by atoms with van der Waals surface area (Å²) in [7, 11) is 3.13. The summed E-state index contributed by atoms with van der Waals surface area (Å²) in [5.74, 6) is -2.48. The molecule has 14 heteroatoms. The second-order valence-corrected chi connectivity index (χ2v) is 12.8. The van der Waals surface area contributed by atoms with Gasteiger partial charge in [-0.3, -0.25) is 29.0 Å². The lowest BCUT2D eigenvalue weighted by atomic mass is 9.70. The van der Waals surface area contributed by atoms with Crippen molar-refractivity contribution in [3.8, 4) is 17.2 Å². The SMILES string of the molecule is COC1=C(C)C(=O)C2=C(C1=O)C1C3[C@@H]4SCC(=O)C(=O)OC[C@H](c5c6c(c(C)c(OC(C)=O)c54)OCO6)N3[C@@H](O)[C@H](C2)N1C. The molecular weight excluding hydrogens is 596 g/mol. The summed E-state index contributed by atoms with van der Waals surface area (Å²) in [6, 6.07) is -3.01. The fraction of sp³-hybridized carbons (Fsp3) is 0.500. The van der Waals surface area contributed by atoms with Gasteiger partial charge in [-0.1, -0.05) is 0 Å². The van der Waals surface area contributed by atoms with Crippen LogP contribution in [-0.2, 0) is 33.4 Å². The van der Waals surface area contributed by atoms with Crippen molar-refractivity contribution in [2.75, 3.05) is 33.3 Å². The third-order valence-corrected chi connectivity index (χ3v) is 10.8. The van der Waals surface area contributed by atoms with Crippen LogP contribution in [0.3, 0.4) is 0 Å². The Morgan fingerprint density at radius 1 is 1.05 bits per heavy atom. The number of rotatable bonds is 2. The number of carbonyl (C=O) groups excluding carboxylic acids is 5. The zero-order valence-corrected chi connectivity index (χ0v) is 25.4. The van der Waals surface area contributed by atoms with E-state index >= 15 is 0 Å². The molecule has 5 heterocycles. The normalized spacial score (nSPS) is 31.4. The number of hydrogen-bond donors (Lipinski definition) is 1. The van der Waals surface area contributed by atoms with Crippen molar-refractivity contribution in [3.05, 3.63) is 39.2 Å². The number of methoxy groups -OCH3 is 1. The van der Waals surface area contributed by atoms with Gasteiger partial charge in [-0.15, -0.1) is 11.8 Å². The molecule has 1 N–H and O–H groups in total. The Labute approximate surface area is 256 Å². The monoisotopic (exact) mass is 626 g/mol. The topological polar surface area (TPSA) is 158 Å². The molecule has 0 amide bonds. The first-order valence-corrected chi connectivity index (χ1v) is 15.2. The zero-order chi connectivity index (χ0) is 31.4. The quantitative estimate of drug-likeness (QED) is 0.215. The Balaban J connectivity index is 1.53. The largest absolute Gasteiger partial charge is 0.492 e. The number of aliphatic hydroxyl groups is 1. The number of nitrogens with zero attached hydrogens (tertiary/aromatic N) is 2. The number of thioether (sulfide) groups is 1. The summed E-state index contributed by atoms with van der Waals surface area (Å²) in [6.45, 7) is 4.10. The highest BCUT2D eigenvalue weighted by Crippen LogP contribution is 2.61. The molecular formula is C30H30N2O11S. The van der Waals surface area contributed by atoms with Crippen molar-refractivity contribution < 1.29 is 52.8 Å². The van der Waals surface area contributed by atoms with Crippen molar-refractivity contribution >= 4 is 41.1 Å². The van der Waals surface area contributed by atoms with Crippen molar-refractivity contribution in [2.45, 2.75) is 62.8 Å². The number of piperazine rings is 1. The first-order valence-electron chi connectivity index (χ1n) is 14.2. The molecule has 1 aromatic rings. The molecule has 1 aliphatic carbocycles. The van der Waals surface area contributed by atoms with Gasteiger partial charge in [0.1, 0.15) is 18.6 Å². The Bertz CT molecular complexity index is 1650. The Morgan fingerprint density at radius 2 is 1.77 bits per heavy atom. The summed E-state index contributed by atoms with van der Waals surface area (Å²) in [6.07, 6.45) is -1.09. The average Bonchev–Trinajstić information content (AvgIpc) is 3.48. The minimum Gasteiger partial charge on any atom is -0.492 e. The molecule has 0 spiro atoms. The summed E-state index contributed by atoms with van der Waals surface area (Å²) in [5.41, 5.74) is 2.31. The Kier molecular flexibility index (Phi) is 6.70. The van der Waals surface area contributed by atoms with Gasteiger partial charge >= 0.3 is 11.9 Å². The van der Waals surface area contributed by atoms with Crippen LogP contribution in [0.2, 0.25) is 0 Å². The van der Waals surface area contributed by atoms with Crippen LogP contribution in [0.1, 0.15) is 48.3 Å². The number of aliphatic hydroxyl groups excluding tert-OH is 1. The van der Waals surface area contributed by atoms with E-state index in [0.717, 1.165) is 11.8 Å². The number of benzene rings is 1. The van der Waals surface area contributed by atoms with Crippen LogP contribution in [0.5, 0.6) is 17.2 Å². The molecule has 232 valence electrons. The van der Waals surface area contributed by atoms with Crippen LogP contribution in [0.4, 0.5) is 0 Å². The number of ether oxygens (including phenoxy) is 5. The van der Waals surface area contributed by atoms with Crippen molar-refractivity contribution in [3.63, 3.8) is 0 Å². The molecule has 0 radical (unpaired) electrons. The molecule has 6 atom stereocenters. The molecule has 1 aromatic carbocycles. The van der Waals surface area contributed by atoms with E-state index in [0.29, 0.717) is 33.8 Å². The third-order valence-electron chi connectivity index (χ3n) is 9.52. The number of hydrogen-bond acceptors (Lipinski definition) is 14. The molecule has 5 aliphatic heterocycles. The van der Waals surface area contributed by atoms with Gasteiger partial charge in [-0.2, -0.15) is 0 Å². The highest BCUT2D eigenvalue weighted by atomic mass is 32.2. The fourth-order valence-corrected chi connectivity index (χ4v) is 9.05. The number of fused-ring (bicyclic) bond motifs is 8. The lowest BCUT2D eigenvalue weighted by Gasteiger charge is -2.62. The number of allylic oxidation sites excluding steroid dienone is 2. The van der Waals surface area contributed by atoms with E-state index in [4.69, 9.17) is 23.7 Å². The number of Topliss-reactive ketones (excluding diaryl/α,β-unsaturated/α-hetero) is 3. The van der Waals surface area contributed by atoms with Crippen molar-refractivity contribution in [1.82, 2.24) is 9.80 Å². The van der Waals surface area contributed by atoms with Gasteiger partial charge in [0, 0.05) is 46.4 Å². The second kappa shape index (κ2) is 10.2. The maximum absolute atomic E-state index is 14.1. The third kappa shape index (κ3) is 3.80. The van der Waals surface area contributed by atoms with Gasteiger partial charge in [-0.25, -0.2) is 4.79 Å². The summed E-state index contributed by atoms with van der Waals surface area (Å²) in [4.78, 5) is 69.4. The van der Waals surface area contributed by atoms with Gasteiger partial charge in [-0.05, 0) is 27.3 Å². The van der Waals surface area contributed by atoms with Crippen LogP contribution in [0.25, 0.3) is 0 Å². The van der Waals surface area contributed by atoms with E-state index in [1.54, 1.807) is 25.8 Å². The molecule has 13 nitrogen and oxygen atoms in total. The minimum absolute atomic E-state index is 0.0414. The van der Waals surface area contributed by atoms with E-state index in [-0.39, 0.29) is 54.0 Å². The van der Waals surface area contributed by atoms with E-state index in [9.17, 15) is 29.1 Å². The smallest absolute Gasteiger partial charge is 0.375 e. The summed E-state index contributed by atoms with van der Waals surface area (Å²) < 4.78 is 28.5. The predicted octanol–water partition coefficient (Wildman–Crippen LogP) is 1.05. The molecule has 0 saturated carbocycles. The predicted molar refractivity (Wildman–Crippen MR) is 151 cm³/mol. The lowest BCUT2D eigenvalue weighted by molar-refractivity contribution is -0.179. The van der Waals surface area contributed by atoms with Crippen LogP contribution in [0.15, 0.2) is 22.5 Å². The highest BCUT2D eigenvalue weighted by Gasteiger charge is 2.62. The molecule has 7 rings (SSSR count). The maximum atomic E-state index is 14.1. The molecule has 2 saturated heterocycles. The maximum Gasteiger partial charge on any atom is 0.375 e. The van der Waals surface area contributed by atoms with Crippen LogP contribution in [-0.4, -0.2) is 102 Å². The summed E-state index contributed by atoms with van der Waals surface area (Å²) >= 11 is 1.11. The van der Waals surface area contributed by atoms with E-state index in [1.165, 1.54) is 14.0 Å². The number of esters is 2. The minimum atomic E-state index is -1.20. The molecule has 6 aliphatic rings. The van der Waals surface area contributed by atoms with Crippen LogP contribution < -0.4 is 14.2 Å².